The number of carbonyl (C=O) groups is 2. The summed E-state index contributed by atoms with van der Waals surface area (Å²) < 4.78 is 10.4. The van der Waals surface area contributed by atoms with Crippen molar-refractivity contribution in [3.8, 4) is 5.75 Å². The molecule has 1 saturated heterocycles. The minimum atomic E-state index is -0.288. The molecule has 1 aliphatic rings. The van der Waals surface area contributed by atoms with Gasteiger partial charge in [0.15, 0.2) is 0 Å². The average Bonchev–Trinajstić information content (AvgIpc) is 2.78. The highest BCUT2D eigenvalue weighted by Gasteiger charge is 2.34. The Labute approximate surface area is 133 Å². The van der Waals surface area contributed by atoms with Crippen molar-refractivity contribution in [1.29, 1.82) is 0 Å². The Morgan fingerprint density at radius 2 is 2.18 bits per heavy atom. The fourth-order valence-electron chi connectivity index (χ4n) is 1.88. The first-order chi connectivity index (χ1) is 10.7. The second-order valence-electron chi connectivity index (χ2n) is 4.50. The molecule has 116 valence electrons. The molecule has 6 heteroatoms. The monoisotopic (exact) mass is 319 g/mol. The minimum Gasteiger partial charge on any atom is -0.490 e. The van der Waals surface area contributed by atoms with Crippen LogP contribution in [0.3, 0.4) is 0 Å². The van der Waals surface area contributed by atoms with Crippen LogP contribution in [0, 0.1) is 0 Å². The lowest BCUT2D eigenvalue weighted by molar-refractivity contribution is -0.123. The van der Waals surface area contributed by atoms with Gasteiger partial charge in [0, 0.05) is 7.11 Å². The van der Waals surface area contributed by atoms with Crippen LogP contribution >= 0.6 is 11.8 Å². The smallest absolute Gasteiger partial charge is 0.293 e. The molecule has 0 atom stereocenters. The van der Waals surface area contributed by atoms with Crippen molar-refractivity contribution >= 4 is 29.0 Å². The molecule has 0 unspecified atom stereocenters. The van der Waals surface area contributed by atoms with Crippen molar-refractivity contribution in [3.05, 3.63) is 47.4 Å². The van der Waals surface area contributed by atoms with Gasteiger partial charge in [0.2, 0.25) is 0 Å². The number of imide groups is 1. The quantitative estimate of drug-likeness (QED) is 0.571. The molecule has 0 aliphatic carbocycles. The van der Waals surface area contributed by atoms with E-state index in [2.05, 4.69) is 6.58 Å². The number of benzene rings is 1. The van der Waals surface area contributed by atoms with E-state index in [4.69, 9.17) is 9.47 Å². The molecule has 1 aliphatic heterocycles. The number of thioether (sulfide) groups is 1. The Kier molecular flexibility index (Phi) is 5.80. The first kappa shape index (κ1) is 16.3. The van der Waals surface area contributed by atoms with Crippen LogP contribution in [0.1, 0.15) is 5.56 Å². The van der Waals surface area contributed by atoms with Crippen LogP contribution in [-0.2, 0) is 9.53 Å². The van der Waals surface area contributed by atoms with Gasteiger partial charge in [-0.05, 0) is 35.5 Å². The number of hydrogen-bond acceptors (Lipinski definition) is 5. The van der Waals surface area contributed by atoms with Crippen LogP contribution in [0.2, 0.25) is 0 Å². The lowest BCUT2D eigenvalue weighted by Crippen LogP contribution is -2.31. The molecular weight excluding hydrogens is 302 g/mol. The van der Waals surface area contributed by atoms with Gasteiger partial charge in [-0.15, -0.1) is 0 Å². The van der Waals surface area contributed by atoms with E-state index in [1.54, 1.807) is 12.2 Å². The SMILES string of the molecule is C=CCOc1cccc(/C=C2/SC(=O)N(CCOC)C2=O)c1. The second-order valence-corrected chi connectivity index (χ2v) is 5.49. The van der Waals surface area contributed by atoms with E-state index >= 15 is 0 Å². The third-order valence-corrected chi connectivity index (χ3v) is 3.82. The molecule has 5 nitrogen and oxygen atoms in total. The summed E-state index contributed by atoms with van der Waals surface area (Å²) >= 11 is 0.937. The summed E-state index contributed by atoms with van der Waals surface area (Å²) in [7, 11) is 1.53. The van der Waals surface area contributed by atoms with Gasteiger partial charge >= 0.3 is 0 Å². The van der Waals surface area contributed by atoms with Gasteiger partial charge in [0.05, 0.1) is 18.1 Å². The lowest BCUT2D eigenvalue weighted by atomic mass is 10.2. The average molecular weight is 319 g/mol. The highest BCUT2D eigenvalue weighted by molar-refractivity contribution is 8.18. The Balaban J connectivity index is 2.14. The molecule has 1 fully saturated rings. The normalized spacial score (nSPS) is 16.4. The van der Waals surface area contributed by atoms with Crippen molar-refractivity contribution in [2.45, 2.75) is 0 Å². The van der Waals surface area contributed by atoms with Crippen molar-refractivity contribution < 1.29 is 19.1 Å². The summed E-state index contributed by atoms with van der Waals surface area (Å²) in [6.45, 7) is 4.60. The summed E-state index contributed by atoms with van der Waals surface area (Å²) in [6.07, 6.45) is 3.35. The van der Waals surface area contributed by atoms with Gasteiger partial charge in [-0.1, -0.05) is 24.8 Å². The van der Waals surface area contributed by atoms with E-state index in [0.29, 0.717) is 23.9 Å². The van der Waals surface area contributed by atoms with Crippen molar-refractivity contribution in [2.24, 2.45) is 0 Å². The maximum Gasteiger partial charge on any atom is 0.293 e. The van der Waals surface area contributed by atoms with Crippen LogP contribution < -0.4 is 4.74 Å². The number of methoxy groups -OCH3 is 1. The number of ether oxygens (including phenoxy) is 2. The minimum absolute atomic E-state index is 0.265. The molecule has 1 heterocycles. The molecule has 22 heavy (non-hydrogen) atoms. The van der Waals surface area contributed by atoms with Crippen molar-refractivity contribution in [3.63, 3.8) is 0 Å². The van der Waals surface area contributed by atoms with Crippen molar-refractivity contribution in [2.75, 3.05) is 26.9 Å². The Hall–Kier alpha value is -2.05. The Morgan fingerprint density at radius 3 is 2.91 bits per heavy atom. The third-order valence-electron chi connectivity index (χ3n) is 2.92. The molecule has 0 spiro atoms. The molecule has 0 aromatic heterocycles. The second kappa shape index (κ2) is 7.82. The maximum atomic E-state index is 12.2. The van der Waals surface area contributed by atoms with Gasteiger partial charge in [0.25, 0.3) is 11.1 Å². The number of hydrogen-bond donors (Lipinski definition) is 0. The van der Waals surface area contributed by atoms with E-state index in [1.807, 2.05) is 24.3 Å². The molecule has 2 rings (SSSR count). The first-order valence-corrected chi connectivity index (χ1v) is 7.55. The van der Waals surface area contributed by atoms with Crippen LogP contribution in [0.25, 0.3) is 6.08 Å². The van der Waals surface area contributed by atoms with Gasteiger partial charge in [-0.25, -0.2) is 0 Å². The fourth-order valence-corrected chi connectivity index (χ4v) is 2.74. The zero-order valence-electron chi connectivity index (χ0n) is 12.3. The number of amides is 2. The summed E-state index contributed by atoms with van der Waals surface area (Å²) in [6, 6.07) is 7.32. The zero-order valence-corrected chi connectivity index (χ0v) is 13.1. The molecule has 0 N–H and O–H groups in total. The van der Waals surface area contributed by atoms with Gasteiger partial charge < -0.3 is 9.47 Å². The number of nitrogens with zero attached hydrogens (tertiary/aromatic N) is 1. The van der Waals surface area contributed by atoms with Crippen LogP contribution in [0.15, 0.2) is 41.8 Å². The van der Waals surface area contributed by atoms with Crippen LogP contribution in [0.5, 0.6) is 5.75 Å². The lowest BCUT2D eigenvalue weighted by Gasteiger charge is -2.10. The molecular formula is C16H17NO4S. The van der Waals surface area contributed by atoms with Gasteiger partial charge in [-0.3, -0.25) is 14.5 Å². The van der Waals surface area contributed by atoms with Gasteiger partial charge in [-0.2, -0.15) is 0 Å². The van der Waals surface area contributed by atoms with E-state index in [1.165, 1.54) is 12.0 Å². The fraction of sp³-hybridized carbons (Fsp3) is 0.250. The highest BCUT2D eigenvalue weighted by atomic mass is 32.2. The molecule has 2 amide bonds. The summed E-state index contributed by atoms with van der Waals surface area (Å²) in [5, 5.41) is -0.271. The van der Waals surface area contributed by atoms with E-state index in [9.17, 15) is 9.59 Å². The standard InChI is InChI=1S/C16H17NO4S/c1-3-8-21-13-6-4-5-12(10-13)11-14-15(18)17(7-9-20-2)16(19)22-14/h3-6,10-11H,1,7-9H2,2H3/b14-11+. The molecule has 0 bridgehead atoms. The molecule has 1 aromatic carbocycles. The van der Waals surface area contributed by atoms with Crippen molar-refractivity contribution in [1.82, 2.24) is 4.90 Å². The topological polar surface area (TPSA) is 55.8 Å². The zero-order chi connectivity index (χ0) is 15.9. The summed E-state index contributed by atoms with van der Waals surface area (Å²) in [5.41, 5.74) is 0.804. The first-order valence-electron chi connectivity index (χ1n) is 6.73. The largest absolute Gasteiger partial charge is 0.490 e. The number of rotatable bonds is 7. The van der Waals surface area contributed by atoms with Gasteiger partial charge in [0.1, 0.15) is 12.4 Å². The predicted octanol–water partition coefficient (Wildman–Crippen LogP) is 2.93. The molecule has 0 radical (unpaired) electrons. The van der Waals surface area contributed by atoms with Crippen LogP contribution in [0.4, 0.5) is 4.79 Å². The molecule has 0 saturated carbocycles. The Bertz CT molecular complexity index is 612. The summed E-state index contributed by atoms with van der Waals surface area (Å²) in [4.78, 5) is 25.6. The van der Waals surface area contributed by atoms with Crippen LogP contribution in [-0.4, -0.2) is 42.9 Å². The third kappa shape index (κ3) is 3.99. The maximum absolute atomic E-state index is 12.2. The van der Waals surface area contributed by atoms with E-state index < -0.39 is 0 Å². The summed E-state index contributed by atoms with van der Waals surface area (Å²) in [5.74, 6) is 0.400. The van der Waals surface area contributed by atoms with E-state index in [-0.39, 0.29) is 17.7 Å². The number of carbonyl (C=O) groups excluding carboxylic acids is 2. The predicted molar refractivity (Wildman–Crippen MR) is 86.7 cm³/mol. The van der Waals surface area contributed by atoms with E-state index in [0.717, 1.165) is 17.3 Å². The molecule has 1 aromatic rings. The highest BCUT2D eigenvalue weighted by Crippen LogP contribution is 2.32. The Morgan fingerprint density at radius 1 is 1.36 bits per heavy atom.